The summed E-state index contributed by atoms with van der Waals surface area (Å²) in [5.74, 6) is 0.191. The van der Waals surface area contributed by atoms with Crippen molar-refractivity contribution in [2.24, 2.45) is 5.73 Å². The van der Waals surface area contributed by atoms with Gasteiger partial charge in [0, 0.05) is 12.0 Å². The number of hydrogen-bond acceptors (Lipinski definition) is 5. The van der Waals surface area contributed by atoms with E-state index in [1.165, 1.54) is 19.3 Å². The van der Waals surface area contributed by atoms with Gasteiger partial charge in [-0.2, -0.15) is 0 Å². The maximum atomic E-state index is 12.2. The number of carbonyl (C=O) groups is 1. The van der Waals surface area contributed by atoms with Crippen molar-refractivity contribution in [3.05, 3.63) is 35.4 Å². The van der Waals surface area contributed by atoms with Gasteiger partial charge in [0.2, 0.25) is 0 Å². The number of Topliss-reactive ketones (excluding diaryl/α,β-unsaturated/α-hetero) is 1. The van der Waals surface area contributed by atoms with Crippen LogP contribution >= 0.6 is 7.82 Å². The van der Waals surface area contributed by atoms with Crippen molar-refractivity contribution < 1.29 is 23.3 Å². The summed E-state index contributed by atoms with van der Waals surface area (Å²) in [6, 6.07) is 7.61. The Morgan fingerprint density at radius 3 is 2.38 bits per heavy atom. The van der Waals surface area contributed by atoms with Gasteiger partial charge in [-0.3, -0.25) is 13.8 Å². The van der Waals surface area contributed by atoms with Crippen LogP contribution in [0.4, 0.5) is 0 Å². The van der Waals surface area contributed by atoms with E-state index in [1.807, 2.05) is 24.3 Å². The Morgan fingerprint density at radius 2 is 1.77 bits per heavy atom. The van der Waals surface area contributed by atoms with Gasteiger partial charge in [-0.15, -0.1) is 0 Å². The second-order valence-electron chi connectivity index (χ2n) is 7.16. The lowest BCUT2D eigenvalue weighted by molar-refractivity contribution is 0.0372. The summed E-state index contributed by atoms with van der Waals surface area (Å²) in [6.07, 6.45) is 7.55. The standard InChI is InChI=1S/C19H30NO5P/c1-2-3-4-5-6-7-18(21)17-10-8-16(9-11-17)12-13-19(20)14-24-26(22,23)25-15-19/h8-11H,2-7,12-15,20H2,1H3,(H,22,23). The fourth-order valence-electron chi connectivity index (χ4n) is 2.93. The molecule has 146 valence electrons. The van der Waals surface area contributed by atoms with Crippen LogP contribution in [0.15, 0.2) is 24.3 Å². The Hall–Kier alpha value is -1.04. The van der Waals surface area contributed by atoms with Gasteiger partial charge in [-0.25, -0.2) is 4.57 Å². The van der Waals surface area contributed by atoms with Gasteiger partial charge in [-0.05, 0) is 24.8 Å². The lowest BCUT2D eigenvalue weighted by Gasteiger charge is -2.34. The van der Waals surface area contributed by atoms with E-state index in [0.717, 1.165) is 24.0 Å². The molecule has 1 saturated heterocycles. The Labute approximate surface area is 155 Å². The summed E-state index contributed by atoms with van der Waals surface area (Å²) in [4.78, 5) is 21.4. The van der Waals surface area contributed by atoms with Crippen molar-refractivity contribution in [3.63, 3.8) is 0 Å². The van der Waals surface area contributed by atoms with Crippen molar-refractivity contribution in [2.75, 3.05) is 13.2 Å². The minimum Gasteiger partial charge on any atom is -0.321 e. The number of phosphoric ester groups is 1. The Balaban J connectivity index is 1.76. The van der Waals surface area contributed by atoms with Crippen molar-refractivity contribution in [1.82, 2.24) is 0 Å². The summed E-state index contributed by atoms with van der Waals surface area (Å²) >= 11 is 0. The molecule has 1 aromatic carbocycles. The second kappa shape index (κ2) is 9.77. The summed E-state index contributed by atoms with van der Waals surface area (Å²) in [6.45, 7) is 2.17. The lowest BCUT2D eigenvalue weighted by atomic mass is 9.93. The van der Waals surface area contributed by atoms with E-state index in [2.05, 4.69) is 6.92 Å². The number of aryl methyl sites for hydroxylation is 1. The lowest BCUT2D eigenvalue weighted by Crippen LogP contribution is -2.51. The molecule has 0 atom stereocenters. The molecule has 0 aliphatic carbocycles. The molecule has 6 nitrogen and oxygen atoms in total. The molecule has 0 unspecified atom stereocenters. The maximum absolute atomic E-state index is 12.2. The predicted octanol–water partition coefficient (Wildman–Crippen LogP) is 4.01. The molecule has 26 heavy (non-hydrogen) atoms. The van der Waals surface area contributed by atoms with Crippen LogP contribution in [0.5, 0.6) is 0 Å². The Kier molecular flexibility index (Phi) is 7.99. The topological polar surface area (TPSA) is 98.9 Å². The fraction of sp³-hybridized carbons (Fsp3) is 0.632. The fourth-order valence-corrected chi connectivity index (χ4v) is 3.84. The third-order valence-electron chi connectivity index (χ3n) is 4.73. The van der Waals surface area contributed by atoms with E-state index in [9.17, 15) is 14.3 Å². The van der Waals surface area contributed by atoms with Crippen LogP contribution in [0, 0.1) is 0 Å². The van der Waals surface area contributed by atoms with Crippen LogP contribution in [0.3, 0.4) is 0 Å². The average Bonchev–Trinajstić information content (AvgIpc) is 2.63. The largest absolute Gasteiger partial charge is 0.472 e. The molecule has 0 saturated carbocycles. The predicted molar refractivity (Wildman–Crippen MR) is 101 cm³/mol. The maximum Gasteiger partial charge on any atom is 0.472 e. The van der Waals surface area contributed by atoms with Crippen molar-refractivity contribution in [3.8, 4) is 0 Å². The van der Waals surface area contributed by atoms with Gasteiger partial charge in [0.25, 0.3) is 0 Å². The summed E-state index contributed by atoms with van der Waals surface area (Å²) in [5.41, 5.74) is 7.19. The quantitative estimate of drug-likeness (QED) is 0.360. The van der Waals surface area contributed by atoms with Gasteiger partial charge in [0.1, 0.15) is 0 Å². The van der Waals surface area contributed by atoms with Gasteiger partial charge >= 0.3 is 7.82 Å². The number of rotatable bonds is 10. The summed E-state index contributed by atoms with van der Waals surface area (Å²) < 4.78 is 20.8. The highest BCUT2D eigenvalue weighted by atomic mass is 31.2. The molecule has 0 amide bonds. The molecule has 7 heteroatoms. The first-order valence-electron chi connectivity index (χ1n) is 9.36. The minimum absolute atomic E-state index is 0.00458. The number of ketones is 1. The Morgan fingerprint density at radius 1 is 1.15 bits per heavy atom. The van der Waals surface area contributed by atoms with Crippen molar-refractivity contribution in [1.29, 1.82) is 0 Å². The van der Waals surface area contributed by atoms with Crippen molar-refractivity contribution in [2.45, 2.75) is 63.8 Å². The molecule has 1 fully saturated rings. The number of hydrogen-bond donors (Lipinski definition) is 2. The SMILES string of the molecule is CCCCCCCC(=O)c1ccc(CCC2(N)COP(=O)(O)OC2)cc1. The molecule has 1 aromatic rings. The van der Waals surface area contributed by atoms with Gasteiger partial charge in [0.15, 0.2) is 5.78 Å². The number of phosphoric acid groups is 1. The van der Waals surface area contributed by atoms with Crippen molar-refractivity contribution >= 4 is 13.6 Å². The molecule has 0 bridgehead atoms. The first kappa shape index (κ1) is 21.3. The van der Waals surface area contributed by atoms with E-state index >= 15 is 0 Å². The highest BCUT2D eigenvalue weighted by Crippen LogP contribution is 2.47. The van der Waals surface area contributed by atoms with E-state index in [1.54, 1.807) is 0 Å². The molecule has 0 radical (unpaired) electrons. The zero-order chi connectivity index (χ0) is 19.0. The molecule has 3 N–H and O–H groups in total. The smallest absolute Gasteiger partial charge is 0.321 e. The van der Waals surface area contributed by atoms with Crippen LogP contribution in [-0.2, 0) is 20.0 Å². The zero-order valence-corrected chi connectivity index (χ0v) is 16.4. The molecule has 1 aliphatic heterocycles. The molecule has 0 aromatic heterocycles. The van der Waals surface area contributed by atoms with E-state index in [-0.39, 0.29) is 19.0 Å². The number of benzene rings is 1. The van der Waals surface area contributed by atoms with Crippen LogP contribution in [0.25, 0.3) is 0 Å². The monoisotopic (exact) mass is 383 g/mol. The molecule has 1 aliphatic rings. The number of unbranched alkanes of at least 4 members (excludes halogenated alkanes) is 4. The van der Waals surface area contributed by atoms with Gasteiger partial charge in [-0.1, -0.05) is 56.9 Å². The van der Waals surface area contributed by atoms with Gasteiger partial charge < -0.3 is 10.6 Å². The van der Waals surface area contributed by atoms with E-state index in [0.29, 0.717) is 19.3 Å². The molecule has 1 heterocycles. The van der Waals surface area contributed by atoms with Crippen LogP contribution in [-0.4, -0.2) is 29.4 Å². The second-order valence-corrected chi connectivity index (χ2v) is 8.62. The summed E-state index contributed by atoms with van der Waals surface area (Å²) in [5, 5.41) is 0. The Bertz CT molecular complexity index is 619. The van der Waals surface area contributed by atoms with E-state index < -0.39 is 13.4 Å². The molecule has 0 spiro atoms. The molecule has 2 rings (SSSR count). The number of carbonyl (C=O) groups excluding carboxylic acids is 1. The summed E-state index contributed by atoms with van der Waals surface area (Å²) in [7, 11) is -3.91. The highest BCUT2D eigenvalue weighted by Gasteiger charge is 2.38. The highest BCUT2D eigenvalue weighted by molar-refractivity contribution is 7.47. The average molecular weight is 383 g/mol. The first-order chi connectivity index (χ1) is 12.3. The molecular weight excluding hydrogens is 353 g/mol. The zero-order valence-electron chi connectivity index (χ0n) is 15.5. The van der Waals surface area contributed by atoms with Crippen LogP contribution < -0.4 is 5.73 Å². The normalized spacial score (nSPS) is 26.0. The minimum atomic E-state index is -3.91. The first-order valence-corrected chi connectivity index (χ1v) is 10.9. The van der Waals surface area contributed by atoms with Crippen LogP contribution in [0.2, 0.25) is 0 Å². The van der Waals surface area contributed by atoms with Crippen LogP contribution in [0.1, 0.15) is 67.8 Å². The molecular formula is C19H30NO5P. The van der Waals surface area contributed by atoms with E-state index in [4.69, 9.17) is 14.8 Å². The third kappa shape index (κ3) is 6.93. The number of nitrogens with two attached hydrogens (primary N) is 1. The third-order valence-corrected chi connectivity index (χ3v) is 5.64. The van der Waals surface area contributed by atoms with Gasteiger partial charge in [0.05, 0.1) is 18.8 Å².